The zero-order valence-electron chi connectivity index (χ0n) is 12.2. The summed E-state index contributed by atoms with van der Waals surface area (Å²) in [4.78, 5) is 24.9. The van der Waals surface area contributed by atoms with Gasteiger partial charge in [-0.05, 0) is 26.0 Å². The van der Waals surface area contributed by atoms with Gasteiger partial charge in [0.15, 0.2) is 12.4 Å². The number of nitrogens with zero attached hydrogens (tertiary/aromatic N) is 1. The number of Topliss-reactive ketones (excluding diaryl/α,β-unsaturated/α-hetero) is 1. The summed E-state index contributed by atoms with van der Waals surface area (Å²) in [5, 5.41) is 0. The molecule has 5 heteroatoms. The van der Waals surface area contributed by atoms with Crippen molar-refractivity contribution >= 4 is 11.7 Å². The molecule has 2 rings (SSSR count). The molecule has 5 nitrogen and oxygen atoms in total. The van der Waals surface area contributed by atoms with Gasteiger partial charge in [0.05, 0.1) is 12.0 Å². The predicted octanol–water partition coefficient (Wildman–Crippen LogP) is 1.90. The average molecular weight is 277 g/mol. The highest BCUT2D eigenvalue weighted by Gasteiger charge is 2.32. The number of likely N-dealkylation sites (N-methyl/N-ethyl adjacent to an activating group) is 1. The normalized spacial score (nSPS) is 16.1. The smallest absolute Gasteiger partial charge is 0.259 e. The van der Waals surface area contributed by atoms with Crippen LogP contribution >= 0.6 is 0 Å². The molecule has 1 heterocycles. The van der Waals surface area contributed by atoms with E-state index in [9.17, 15) is 9.59 Å². The molecule has 0 bridgehead atoms. The minimum Gasteiger partial charge on any atom is -0.486 e. The first-order valence-corrected chi connectivity index (χ1v) is 6.48. The zero-order chi connectivity index (χ0) is 14.9. The van der Waals surface area contributed by atoms with Crippen LogP contribution in [0.3, 0.4) is 0 Å². The van der Waals surface area contributed by atoms with Crippen molar-refractivity contribution in [2.45, 2.75) is 25.9 Å². The maximum absolute atomic E-state index is 12.0. The Hall–Kier alpha value is -2.04. The Morgan fingerprint density at radius 1 is 1.40 bits per heavy atom. The van der Waals surface area contributed by atoms with Crippen molar-refractivity contribution in [2.75, 3.05) is 20.7 Å². The van der Waals surface area contributed by atoms with Crippen LogP contribution in [0.2, 0.25) is 0 Å². The fourth-order valence-electron chi connectivity index (χ4n) is 2.00. The highest BCUT2D eigenvalue weighted by atomic mass is 16.5. The summed E-state index contributed by atoms with van der Waals surface area (Å²) in [6, 6.07) is 5.03. The Kier molecular flexibility index (Phi) is 3.70. The van der Waals surface area contributed by atoms with Crippen LogP contribution in [0.4, 0.5) is 0 Å². The highest BCUT2D eigenvalue weighted by Crippen LogP contribution is 2.35. The number of amides is 1. The Morgan fingerprint density at radius 3 is 2.75 bits per heavy atom. The van der Waals surface area contributed by atoms with Gasteiger partial charge in [0.2, 0.25) is 0 Å². The first kappa shape index (κ1) is 14.4. The van der Waals surface area contributed by atoms with E-state index < -0.39 is 5.60 Å². The fourth-order valence-corrected chi connectivity index (χ4v) is 2.00. The third kappa shape index (κ3) is 3.10. The molecule has 0 radical (unpaired) electrons. The third-order valence-corrected chi connectivity index (χ3v) is 3.09. The van der Waals surface area contributed by atoms with Crippen molar-refractivity contribution in [3.05, 3.63) is 23.8 Å². The molecule has 0 unspecified atom stereocenters. The van der Waals surface area contributed by atoms with E-state index in [0.29, 0.717) is 23.5 Å². The van der Waals surface area contributed by atoms with E-state index in [-0.39, 0.29) is 18.3 Å². The van der Waals surface area contributed by atoms with E-state index >= 15 is 0 Å². The van der Waals surface area contributed by atoms with E-state index in [2.05, 4.69) is 0 Å². The number of hydrogen-bond donors (Lipinski definition) is 0. The van der Waals surface area contributed by atoms with Gasteiger partial charge in [0.1, 0.15) is 17.1 Å². The third-order valence-electron chi connectivity index (χ3n) is 3.09. The number of hydrogen-bond acceptors (Lipinski definition) is 4. The van der Waals surface area contributed by atoms with Gasteiger partial charge in [-0.2, -0.15) is 0 Å². The highest BCUT2D eigenvalue weighted by molar-refractivity contribution is 6.00. The molecule has 1 aliphatic heterocycles. The molecule has 20 heavy (non-hydrogen) atoms. The lowest BCUT2D eigenvalue weighted by atomic mass is 9.93. The number of ketones is 1. The summed E-state index contributed by atoms with van der Waals surface area (Å²) in [6.45, 7) is 3.71. The summed E-state index contributed by atoms with van der Waals surface area (Å²) in [6.07, 6.45) is 0.360. The number of carbonyl (C=O) groups excluding carboxylic acids is 2. The molecule has 1 aliphatic rings. The summed E-state index contributed by atoms with van der Waals surface area (Å²) in [5.41, 5.74) is 0.0536. The van der Waals surface area contributed by atoms with E-state index in [1.165, 1.54) is 4.90 Å². The quantitative estimate of drug-likeness (QED) is 0.846. The number of fused-ring (bicyclic) bond motifs is 1. The molecule has 0 N–H and O–H groups in total. The first-order valence-electron chi connectivity index (χ1n) is 6.48. The van der Waals surface area contributed by atoms with Gasteiger partial charge >= 0.3 is 0 Å². The minimum atomic E-state index is -0.512. The van der Waals surface area contributed by atoms with Crippen LogP contribution in [0.15, 0.2) is 18.2 Å². The molecule has 0 aliphatic carbocycles. The van der Waals surface area contributed by atoms with Crippen LogP contribution in [0, 0.1) is 0 Å². The van der Waals surface area contributed by atoms with Gasteiger partial charge in [-0.1, -0.05) is 0 Å². The molecular formula is C15H19NO4. The number of benzene rings is 1. The number of ether oxygens (including phenoxy) is 2. The second-order valence-electron chi connectivity index (χ2n) is 5.70. The summed E-state index contributed by atoms with van der Waals surface area (Å²) >= 11 is 0. The summed E-state index contributed by atoms with van der Waals surface area (Å²) in [5.74, 6) is 0.970. The second kappa shape index (κ2) is 5.15. The van der Waals surface area contributed by atoms with Crippen molar-refractivity contribution in [3.8, 4) is 11.5 Å². The van der Waals surface area contributed by atoms with E-state index in [1.54, 1.807) is 32.3 Å². The summed E-state index contributed by atoms with van der Waals surface area (Å²) < 4.78 is 11.2. The summed E-state index contributed by atoms with van der Waals surface area (Å²) in [7, 11) is 3.34. The van der Waals surface area contributed by atoms with Gasteiger partial charge in [-0.25, -0.2) is 0 Å². The van der Waals surface area contributed by atoms with Crippen LogP contribution in [-0.4, -0.2) is 42.9 Å². The van der Waals surface area contributed by atoms with Crippen LogP contribution < -0.4 is 9.47 Å². The molecule has 1 aromatic rings. The second-order valence-corrected chi connectivity index (χ2v) is 5.70. The Balaban J connectivity index is 2.15. The maximum Gasteiger partial charge on any atom is 0.259 e. The first-order chi connectivity index (χ1) is 9.28. The number of rotatable bonds is 3. The Morgan fingerprint density at radius 2 is 2.10 bits per heavy atom. The lowest BCUT2D eigenvalue weighted by Gasteiger charge is -2.31. The van der Waals surface area contributed by atoms with Gasteiger partial charge in [0, 0.05) is 20.2 Å². The van der Waals surface area contributed by atoms with E-state index in [1.807, 2.05) is 13.8 Å². The molecule has 0 spiro atoms. The monoisotopic (exact) mass is 277 g/mol. The molecule has 0 saturated heterocycles. The lowest BCUT2D eigenvalue weighted by Crippen LogP contribution is -2.35. The number of carbonyl (C=O) groups is 2. The van der Waals surface area contributed by atoms with Crippen LogP contribution in [-0.2, 0) is 4.79 Å². The average Bonchev–Trinajstić information content (AvgIpc) is 2.33. The molecular weight excluding hydrogens is 258 g/mol. The maximum atomic E-state index is 12.0. The lowest BCUT2D eigenvalue weighted by molar-refractivity contribution is -0.130. The molecule has 0 atom stereocenters. The van der Waals surface area contributed by atoms with Gasteiger partial charge < -0.3 is 14.4 Å². The Labute approximate surface area is 118 Å². The Bertz CT molecular complexity index is 549. The molecule has 0 saturated carbocycles. The van der Waals surface area contributed by atoms with Crippen LogP contribution in [0.25, 0.3) is 0 Å². The van der Waals surface area contributed by atoms with E-state index in [4.69, 9.17) is 9.47 Å². The van der Waals surface area contributed by atoms with Crippen molar-refractivity contribution in [1.29, 1.82) is 0 Å². The van der Waals surface area contributed by atoms with Crippen molar-refractivity contribution in [1.82, 2.24) is 4.90 Å². The van der Waals surface area contributed by atoms with Crippen molar-refractivity contribution in [2.24, 2.45) is 0 Å². The minimum absolute atomic E-state index is 0.0386. The molecule has 1 aromatic carbocycles. The predicted molar refractivity (Wildman–Crippen MR) is 74.3 cm³/mol. The molecule has 108 valence electrons. The molecule has 1 amide bonds. The van der Waals surface area contributed by atoms with Crippen molar-refractivity contribution in [3.63, 3.8) is 0 Å². The van der Waals surface area contributed by atoms with Gasteiger partial charge in [-0.3, -0.25) is 9.59 Å². The molecule has 0 aromatic heterocycles. The van der Waals surface area contributed by atoms with Crippen molar-refractivity contribution < 1.29 is 19.1 Å². The molecule has 0 fully saturated rings. The van der Waals surface area contributed by atoms with Gasteiger partial charge in [0.25, 0.3) is 5.91 Å². The largest absolute Gasteiger partial charge is 0.486 e. The topological polar surface area (TPSA) is 55.8 Å². The van der Waals surface area contributed by atoms with Crippen LogP contribution in [0.5, 0.6) is 11.5 Å². The fraction of sp³-hybridized carbons (Fsp3) is 0.467. The standard InChI is InChI=1S/C15H19NO4/c1-15(2)8-12(17)11-6-5-10(7-13(11)20-15)19-9-14(18)16(3)4/h5-7H,8-9H2,1-4H3. The SMILES string of the molecule is CN(C)C(=O)COc1ccc2c(c1)OC(C)(C)CC2=O. The van der Waals surface area contributed by atoms with Crippen LogP contribution in [0.1, 0.15) is 30.6 Å². The van der Waals surface area contributed by atoms with E-state index in [0.717, 1.165) is 0 Å². The zero-order valence-corrected chi connectivity index (χ0v) is 12.2. The van der Waals surface area contributed by atoms with Gasteiger partial charge in [-0.15, -0.1) is 0 Å².